The summed E-state index contributed by atoms with van der Waals surface area (Å²) in [6, 6.07) is 14.9. The Bertz CT molecular complexity index is 733. The first-order chi connectivity index (χ1) is 10.1. The van der Waals surface area contributed by atoms with E-state index in [1.807, 2.05) is 6.07 Å². The van der Waals surface area contributed by atoms with Gasteiger partial charge in [-0.3, -0.25) is 0 Å². The maximum Gasteiger partial charge on any atom is 0.123 e. The van der Waals surface area contributed by atoms with Gasteiger partial charge >= 0.3 is 0 Å². The summed E-state index contributed by atoms with van der Waals surface area (Å²) in [6.45, 7) is 6.54. The van der Waals surface area contributed by atoms with Crippen molar-refractivity contribution in [3.05, 3.63) is 75.8 Å². The summed E-state index contributed by atoms with van der Waals surface area (Å²) in [5.41, 5.74) is 7.83. The van der Waals surface area contributed by atoms with Crippen LogP contribution < -0.4 is 0 Å². The van der Waals surface area contributed by atoms with Gasteiger partial charge in [-0.25, -0.2) is 4.98 Å². The molecule has 1 nitrogen and oxygen atoms in total. The van der Waals surface area contributed by atoms with Gasteiger partial charge < -0.3 is 0 Å². The van der Waals surface area contributed by atoms with Crippen LogP contribution in [0.25, 0.3) is 10.6 Å². The molecule has 0 unspecified atom stereocenters. The van der Waals surface area contributed by atoms with E-state index >= 15 is 0 Å². The molecule has 1 aromatic heterocycles. The highest BCUT2D eigenvalue weighted by atomic mass is 32.1. The molecule has 0 radical (unpaired) electrons. The number of aryl methyl sites for hydroxylation is 3. The Hall–Kier alpha value is -1.93. The lowest BCUT2D eigenvalue weighted by molar-refractivity contribution is 1.06. The Morgan fingerprint density at radius 2 is 1.62 bits per heavy atom. The van der Waals surface area contributed by atoms with Gasteiger partial charge in [-0.05, 0) is 37.5 Å². The molecule has 0 N–H and O–H groups in total. The average molecular weight is 293 g/mol. The first-order valence-corrected chi connectivity index (χ1v) is 8.08. The number of nitrogens with zero attached hydrogens (tertiary/aromatic N) is 1. The first-order valence-electron chi connectivity index (χ1n) is 7.20. The van der Waals surface area contributed by atoms with E-state index in [0.717, 1.165) is 17.1 Å². The van der Waals surface area contributed by atoms with Crippen LogP contribution in [0.15, 0.2) is 47.8 Å². The van der Waals surface area contributed by atoms with Gasteiger partial charge in [0.05, 0.1) is 5.69 Å². The molecular weight excluding hydrogens is 274 g/mol. The average Bonchev–Trinajstić information content (AvgIpc) is 2.92. The molecule has 21 heavy (non-hydrogen) atoms. The van der Waals surface area contributed by atoms with Crippen LogP contribution >= 0.6 is 11.3 Å². The third-order valence-corrected chi connectivity index (χ3v) is 4.71. The Labute approximate surface area is 130 Å². The highest BCUT2D eigenvalue weighted by Gasteiger charge is 2.09. The number of rotatable bonds is 3. The zero-order valence-electron chi connectivity index (χ0n) is 12.7. The van der Waals surface area contributed by atoms with Crippen LogP contribution in [0.4, 0.5) is 0 Å². The van der Waals surface area contributed by atoms with Crippen LogP contribution in [0.1, 0.15) is 27.9 Å². The number of thiazole rings is 1. The summed E-state index contributed by atoms with van der Waals surface area (Å²) in [4.78, 5) is 4.80. The zero-order chi connectivity index (χ0) is 14.8. The second kappa shape index (κ2) is 5.82. The topological polar surface area (TPSA) is 12.9 Å². The minimum absolute atomic E-state index is 0.918. The van der Waals surface area contributed by atoms with Crippen molar-refractivity contribution in [2.24, 2.45) is 0 Å². The molecule has 0 fully saturated rings. The van der Waals surface area contributed by atoms with E-state index in [2.05, 4.69) is 62.5 Å². The Morgan fingerprint density at radius 3 is 2.29 bits per heavy atom. The second-order valence-electron chi connectivity index (χ2n) is 5.56. The van der Waals surface area contributed by atoms with E-state index in [1.165, 1.54) is 27.8 Å². The van der Waals surface area contributed by atoms with Crippen molar-refractivity contribution in [2.45, 2.75) is 27.2 Å². The van der Waals surface area contributed by atoms with Crippen molar-refractivity contribution in [3.8, 4) is 10.6 Å². The fourth-order valence-corrected chi connectivity index (χ4v) is 3.60. The number of hydrogen-bond acceptors (Lipinski definition) is 2. The molecule has 0 aliphatic carbocycles. The van der Waals surface area contributed by atoms with Crippen LogP contribution in [0.2, 0.25) is 0 Å². The molecule has 0 spiro atoms. The third-order valence-electron chi connectivity index (χ3n) is 3.77. The Kier molecular flexibility index (Phi) is 3.89. The zero-order valence-corrected chi connectivity index (χ0v) is 13.5. The highest BCUT2D eigenvalue weighted by molar-refractivity contribution is 7.13. The first kappa shape index (κ1) is 14.0. The van der Waals surface area contributed by atoms with E-state index in [1.54, 1.807) is 11.3 Å². The molecule has 0 atom stereocenters. The summed E-state index contributed by atoms with van der Waals surface area (Å²) < 4.78 is 0. The molecule has 106 valence electrons. The molecule has 0 aliphatic rings. The molecule has 0 bridgehead atoms. The predicted molar refractivity (Wildman–Crippen MR) is 91.0 cm³/mol. The van der Waals surface area contributed by atoms with E-state index in [4.69, 9.17) is 4.98 Å². The molecule has 0 aliphatic heterocycles. The number of hydrogen-bond donors (Lipinski definition) is 0. The van der Waals surface area contributed by atoms with Gasteiger partial charge in [-0.1, -0.05) is 48.0 Å². The summed E-state index contributed by atoms with van der Waals surface area (Å²) >= 11 is 1.73. The van der Waals surface area contributed by atoms with E-state index < -0.39 is 0 Å². The van der Waals surface area contributed by atoms with Gasteiger partial charge in [-0.2, -0.15) is 0 Å². The number of aromatic nitrogens is 1. The molecule has 3 aromatic rings. The third kappa shape index (κ3) is 3.06. The number of benzene rings is 2. The van der Waals surface area contributed by atoms with Crippen molar-refractivity contribution >= 4 is 11.3 Å². The molecule has 3 rings (SSSR count). The maximum absolute atomic E-state index is 4.80. The van der Waals surface area contributed by atoms with Crippen molar-refractivity contribution in [1.29, 1.82) is 0 Å². The Morgan fingerprint density at radius 1 is 0.952 bits per heavy atom. The lowest BCUT2D eigenvalue weighted by Gasteiger charge is -2.09. The summed E-state index contributed by atoms with van der Waals surface area (Å²) in [5, 5.41) is 3.29. The maximum atomic E-state index is 4.80. The minimum atomic E-state index is 0.918. The standard InChI is InChI=1S/C19H19NS/c1-13-9-14(2)18(15(3)10-13)11-17-12-21-19(20-17)16-7-5-4-6-8-16/h4-10,12H,11H2,1-3H3. The van der Waals surface area contributed by atoms with Gasteiger partial charge in [0.15, 0.2) is 0 Å². The summed E-state index contributed by atoms with van der Waals surface area (Å²) in [6.07, 6.45) is 0.918. The van der Waals surface area contributed by atoms with E-state index in [-0.39, 0.29) is 0 Å². The van der Waals surface area contributed by atoms with E-state index in [0.29, 0.717) is 0 Å². The van der Waals surface area contributed by atoms with Crippen molar-refractivity contribution < 1.29 is 0 Å². The fraction of sp³-hybridized carbons (Fsp3) is 0.211. The summed E-state index contributed by atoms with van der Waals surface area (Å²) in [7, 11) is 0. The van der Waals surface area contributed by atoms with Gasteiger partial charge in [0, 0.05) is 17.4 Å². The molecule has 0 saturated heterocycles. The van der Waals surface area contributed by atoms with Crippen LogP contribution in [-0.4, -0.2) is 4.98 Å². The quantitative estimate of drug-likeness (QED) is 0.636. The van der Waals surface area contributed by atoms with Gasteiger partial charge in [0.1, 0.15) is 5.01 Å². The predicted octanol–water partition coefficient (Wildman–Crippen LogP) is 5.33. The minimum Gasteiger partial charge on any atom is -0.241 e. The van der Waals surface area contributed by atoms with Crippen molar-refractivity contribution in [2.75, 3.05) is 0 Å². The van der Waals surface area contributed by atoms with Gasteiger partial charge in [-0.15, -0.1) is 11.3 Å². The van der Waals surface area contributed by atoms with E-state index in [9.17, 15) is 0 Å². The Balaban J connectivity index is 1.89. The normalized spacial score (nSPS) is 10.8. The van der Waals surface area contributed by atoms with Crippen LogP contribution in [0.3, 0.4) is 0 Å². The highest BCUT2D eigenvalue weighted by Crippen LogP contribution is 2.26. The molecule has 2 heteroatoms. The van der Waals surface area contributed by atoms with Gasteiger partial charge in [0.25, 0.3) is 0 Å². The molecule has 0 amide bonds. The van der Waals surface area contributed by atoms with Gasteiger partial charge in [0.2, 0.25) is 0 Å². The smallest absolute Gasteiger partial charge is 0.123 e. The lowest BCUT2D eigenvalue weighted by Crippen LogP contribution is -1.97. The molecule has 1 heterocycles. The molecular formula is C19H19NS. The van der Waals surface area contributed by atoms with Crippen LogP contribution in [0.5, 0.6) is 0 Å². The second-order valence-corrected chi connectivity index (χ2v) is 6.42. The fourth-order valence-electron chi connectivity index (χ4n) is 2.77. The molecule has 0 saturated carbocycles. The lowest BCUT2D eigenvalue weighted by atomic mass is 9.96. The molecule has 2 aromatic carbocycles. The van der Waals surface area contributed by atoms with Crippen LogP contribution in [-0.2, 0) is 6.42 Å². The van der Waals surface area contributed by atoms with Crippen molar-refractivity contribution in [3.63, 3.8) is 0 Å². The monoisotopic (exact) mass is 293 g/mol. The van der Waals surface area contributed by atoms with Crippen LogP contribution in [0, 0.1) is 20.8 Å². The SMILES string of the molecule is Cc1cc(C)c(Cc2csc(-c3ccccc3)n2)c(C)c1. The summed E-state index contributed by atoms with van der Waals surface area (Å²) in [5.74, 6) is 0. The largest absolute Gasteiger partial charge is 0.241 e. The van der Waals surface area contributed by atoms with Crippen molar-refractivity contribution in [1.82, 2.24) is 4.98 Å².